The van der Waals surface area contributed by atoms with Crippen molar-refractivity contribution in [2.75, 3.05) is 13.2 Å². The lowest BCUT2D eigenvalue weighted by Gasteiger charge is -2.12. The van der Waals surface area contributed by atoms with E-state index in [9.17, 15) is 9.59 Å². The molecule has 0 aromatic heterocycles. The zero-order valence-electron chi connectivity index (χ0n) is 19.7. The summed E-state index contributed by atoms with van der Waals surface area (Å²) in [4.78, 5) is 24.9. The quantitative estimate of drug-likeness (QED) is 0.306. The number of ether oxygens (including phenoxy) is 2. The molecule has 0 aliphatic carbocycles. The first-order valence-electron chi connectivity index (χ1n) is 11.3. The van der Waals surface area contributed by atoms with E-state index in [1.807, 2.05) is 30.3 Å². The highest BCUT2D eigenvalue weighted by atomic mass is 32.1. The standard InChI is InChI=1S/C27H29N3O4S/c1-19(2)18-34-23-13-11-21(12-14-23)26(32)29-30-27(35)28-25(31)22-9-6-10-24(17-22)33-16-15-20-7-4-3-5-8-20/h3-14,17,19H,15-16,18H2,1-2H3,(H,29,32)(H2,28,30,31,35). The zero-order chi connectivity index (χ0) is 25.0. The second-order valence-corrected chi connectivity index (χ2v) is 8.61. The number of benzene rings is 3. The minimum absolute atomic E-state index is 0.0318. The number of nitrogens with one attached hydrogen (secondary N) is 3. The monoisotopic (exact) mass is 491 g/mol. The predicted molar refractivity (Wildman–Crippen MR) is 140 cm³/mol. The summed E-state index contributed by atoms with van der Waals surface area (Å²) in [6.07, 6.45) is 0.763. The molecule has 0 aliphatic rings. The Morgan fingerprint density at radius 3 is 2.26 bits per heavy atom. The Bertz CT molecular complexity index is 1130. The number of amides is 2. The molecule has 0 unspecified atom stereocenters. The average Bonchev–Trinajstić information content (AvgIpc) is 2.87. The summed E-state index contributed by atoms with van der Waals surface area (Å²) in [6, 6.07) is 23.6. The van der Waals surface area contributed by atoms with Crippen molar-refractivity contribution in [3.05, 3.63) is 95.6 Å². The summed E-state index contributed by atoms with van der Waals surface area (Å²) in [5.41, 5.74) is 6.99. The highest BCUT2D eigenvalue weighted by Gasteiger charge is 2.11. The minimum Gasteiger partial charge on any atom is -0.493 e. The molecule has 0 aliphatic heterocycles. The van der Waals surface area contributed by atoms with Crippen molar-refractivity contribution in [1.29, 1.82) is 0 Å². The third kappa shape index (κ3) is 8.75. The molecule has 0 saturated heterocycles. The Morgan fingerprint density at radius 1 is 0.800 bits per heavy atom. The summed E-state index contributed by atoms with van der Waals surface area (Å²) >= 11 is 5.13. The van der Waals surface area contributed by atoms with Crippen LogP contribution in [0, 0.1) is 5.92 Å². The normalized spacial score (nSPS) is 10.4. The van der Waals surface area contributed by atoms with Gasteiger partial charge in [-0.1, -0.05) is 50.2 Å². The van der Waals surface area contributed by atoms with Gasteiger partial charge in [0.2, 0.25) is 0 Å². The van der Waals surface area contributed by atoms with Crippen LogP contribution in [0.25, 0.3) is 0 Å². The van der Waals surface area contributed by atoms with Gasteiger partial charge in [-0.3, -0.25) is 25.8 Å². The molecule has 7 nitrogen and oxygen atoms in total. The highest BCUT2D eigenvalue weighted by Crippen LogP contribution is 2.15. The summed E-state index contributed by atoms with van der Waals surface area (Å²) < 4.78 is 11.4. The lowest BCUT2D eigenvalue weighted by Crippen LogP contribution is -2.48. The Hall–Kier alpha value is -3.91. The average molecular weight is 492 g/mol. The third-order valence-corrected chi connectivity index (χ3v) is 5.02. The van der Waals surface area contributed by atoms with Crippen LogP contribution in [0.15, 0.2) is 78.9 Å². The van der Waals surface area contributed by atoms with Crippen LogP contribution in [0.4, 0.5) is 0 Å². The van der Waals surface area contributed by atoms with Gasteiger partial charge in [0.25, 0.3) is 11.8 Å². The number of hydrazine groups is 1. The minimum atomic E-state index is -0.420. The van der Waals surface area contributed by atoms with E-state index >= 15 is 0 Å². The van der Waals surface area contributed by atoms with Crippen LogP contribution < -0.4 is 25.6 Å². The Labute approximate surface area is 210 Å². The van der Waals surface area contributed by atoms with Crippen molar-refractivity contribution < 1.29 is 19.1 Å². The SMILES string of the molecule is CC(C)COc1ccc(C(=O)NNC(=S)NC(=O)c2cccc(OCCc3ccccc3)c2)cc1. The van der Waals surface area contributed by atoms with Crippen LogP contribution in [0.3, 0.4) is 0 Å². The van der Waals surface area contributed by atoms with Crippen LogP contribution >= 0.6 is 12.2 Å². The van der Waals surface area contributed by atoms with E-state index in [-0.39, 0.29) is 5.11 Å². The van der Waals surface area contributed by atoms with E-state index in [1.165, 1.54) is 5.56 Å². The molecule has 182 valence electrons. The predicted octanol–water partition coefficient (Wildman–Crippen LogP) is 4.29. The van der Waals surface area contributed by atoms with Crippen molar-refractivity contribution in [2.45, 2.75) is 20.3 Å². The zero-order valence-corrected chi connectivity index (χ0v) is 20.6. The first-order valence-corrected chi connectivity index (χ1v) is 11.7. The van der Waals surface area contributed by atoms with Gasteiger partial charge in [-0.15, -0.1) is 0 Å². The van der Waals surface area contributed by atoms with Crippen LogP contribution in [-0.2, 0) is 6.42 Å². The lowest BCUT2D eigenvalue weighted by atomic mass is 10.2. The van der Waals surface area contributed by atoms with Crippen LogP contribution in [0.2, 0.25) is 0 Å². The molecule has 0 fully saturated rings. The van der Waals surface area contributed by atoms with E-state index in [1.54, 1.807) is 48.5 Å². The Kier molecular flexibility index (Phi) is 9.62. The van der Waals surface area contributed by atoms with Crippen molar-refractivity contribution in [1.82, 2.24) is 16.2 Å². The van der Waals surface area contributed by atoms with Crippen LogP contribution in [-0.4, -0.2) is 30.1 Å². The maximum atomic E-state index is 12.5. The molecule has 3 aromatic rings. The summed E-state index contributed by atoms with van der Waals surface area (Å²) in [6.45, 7) is 5.22. The van der Waals surface area contributed by atoms with E-state index in [4.69, 9.17) is 21.7 Å². The fraction of sp³-hybridized carbons (Fsp3) is 0.222. The van der Waals surface area contributed by atoms with Gasteiger partial charge in [0.15, 0.2) is 5.11 Å². The van der Waals surface area contributed by atoms with Crippen molar-refractivity contribution in [3.63, 3.8) is 0 Å². The summed E-state index contributed by atoms with van der Waals surface area (Å²) in [5, 5.41) is 2.51. The number of thiocarbonyl (C=S) groups is 1. The number of hydrogen-bond acceptors (Lipinski definition) is 5. The Balaban J connectivity index is 1.43. The number of carbonyl (C=O) groups excluding carboxylic acids is 2. The van der Waals surface area contributed by atoms with Gasteiger partial charge in [0, 0.05) is 17.5 Å². The topological polar surface area (TPSA) is 88.7 Å². The van der Waals surface area contributed by atoms with Gasteiger partial charge in [-0.2, -0.15) is 0 Å². The first kappa shape index (κ1) is 25.7. The smallest absolute Gasteiger partial charge is 0.269 e. The van der Waals surface area contributed by atoms with E-state index < -0.39 is 11.8 Å². The molecule has 0 saturated carbocycles. The fourth-order valence-corrected chi connectivity index (χ4v) is 3.16. The molecule has 3 aromatic carbocycles. The van der Waals surface area contributed by atoms with Gasteiger partial charge in [0.1, 0.15) is 11.5 Å². The second-order valence-electron chi connectivity index (χ2n) is 8.20. The Morgan fingerprint density at radius 2 is 1.54 bits per heavy atom. The number of carbonyl (C=O) groups is 2. The molecular weight excluding hydrogens is 462 g/mol. The molecule has 8 heteroatoms. The molecule has 0 radical (unpaired) electrons. The van der Waals surface area contributed by atoms with E-state index in [2.05, 4.69) is 30.0 Å². The fourth-order valence-electron chi connectivity index (χ4n) is 3.02. The van der Waals surface area contributed by atoms with Gasteiger partial charge < -0.3 is 9.47 Å². The van der Waals surface area contributed by atoms with Gasteiger partial charge in [-0.05, 0) is 66.2 Å². The van der Waals surface area contributed by atoms with Gasteiger partial charge in [0.05, 0.1) is 13.2 Å². The second kappa shape index (κ2) is 13.1. The van der Waals surface area contributed by atoms with Gasteiger partial charge >= 0.3 is 0 Å². The molecule has 0 bridgehead atoms. The molecule has 2 amide bonds. The van der Waals surface area contributed by atoms with Crippen molar-refractivity contribution >= 4 is 29.1 Å². The first-order chi connectivity index (χ1) is 16.9. The lowest BCUT2D eigenvalue weighted by molar-refractivity contribution is 0.0934. The molecule has 3 N–H and O–H groups in total. The van der Waals surface area contributed by atoms with Crippen LogP contribution in [0.5, 0.6) is 11.5 Å². The van der Waals surface area contributed by atoms with Crippen LogP contribution in [0.1, 0.15) is 40.1 Å². The van der Waals surface area contributed by atoms with E-state index in [0.29, 0.717) is 41.8 Å². The molecule has 35 heavy (non-hydrogen) atoms. The van der Waals surface area contributed by atoms with Crippen molar-refractivity contribution in [3.8, 4) is 11.5 Å². The summed E-state index contributed by atoms with van der Waals surface area (Å²) in [5.74, 6) is 0.870. The van der Waals surface area contributed by atoms with Crippen molar-refractivity contribution in [2.24, 2.45) is 5.92 Å². The maximum Gasteiger partial charge on any atom is 0.269 e. The third-order valence-electron chi connectivity index (χ3n) is 4.81. The molecule has 0 spiro atoms. The largest absolute Gasteiger partial charge is 0.493 e. The molecule has 0 atom stereocenters. The maximum absolute atomic E-state index is 12.5. The van der Waals surface area contributed by atoms with Gasteiger partial charge in [-0.25, -0.2) is 0 Å². The number of rotatable bonds is 9. The highest BCUT2D eigenvalue weighted by molar-refractivity contribution is 7.80. The summed E-state index contributed by atoms with van der Waals surface area (Å²) in [7, 11) is 0. The molecule has 0 heterocycles. The molecular formula is C27H29N3O4S. The number of hydrogen-bond donors (Lipinski definition) is 3. The van der Waals surface area contributed by atoms with E-state index in [0.717, 1.165) is 6.42 Å². The molecule has 3 rings (SSSR count).